The molecule has 0 unspecified atom stereocenters. The molecule has 1 rings (SSSR count). The summed E-state index contributed by atoms with van der Waals surface area (Å²) in [4.78, 5) is 6.06. The van der Waals surface area contributed by atoms with Crippen LogP contribution in [-0.2, 0) is 0 Å². The Hall–Kier alpha value is -1.79. The summed E-state index contributed by atoms with van der Waals surface area (Å²) in [5, 5.41) is 9.23. The first-order chi connectivity index (χ1) is 7.74. The van der Waals surface area contributed by atoms with Crippen LogP contribution < -0.4 is 4.90 Å². The lowest BCUT2D eigenvalue weighted by Crippen LogP contribution is -2.24. The van der Waals surface area contributed by atoms with Crippen LogP contribution >= 0.6 is 11.6 Å². The highest BCUT2D eigenvalue weighted by Crippen LogP contribution is 2.26. The molecular weight excluding hydrogens is 222 g/mol. The van der Waals surface area contributed by atoms with E-state index in [1.807, 2.05) is 11.0 Å². The van der Waals surface area contributed by atoms with Gasteiger partial charge in [-0.2, -0.15) is 5.26 Å². The third-order valence-electron chi connectivity index (χ3n) is 1.99. The minimum atomic E-state index is 0.369. The first kappa shape index (κ1) is 12.3. The van der Waals surface area contributed by atoms with Gasteiger partial charge in [0.1, 0.15) is 16.9 Å². The van der Waals surface area contributed by atoms with E-state index >= 15 is 0 Å². The van der Waals surface area contributed by atoms with E-state index in [4.69, 9.17) is 16.9 Å². The number of rotatable bonds is 5. The molecule has 0 radical (unpaired) electrons. The zero-order valence-corrected chi connectivity index (χ0v) is 9.61. The average Bonchev–Trinajstić information content (AvgIpc) is 2.29. The highest BCUT2D eigenvalue weighted by molar-refractivity contribution is 6.34. The van der Waals surface area contributed by atoms with Crippen molar-refractivity contribution < 1.29 is 0 Å². The number of nitrogens with zero attached hydrogens (tertiary/aromatic N) is 3. The molecule has 0 aliphatic rings. The lowest BCUT2D eigenvalue weighted by atomic mass is 10.2. The van der Waals surface area contributed by atoms with Gasteiger partial charge in [-0.15, -0.1) is 13.2 Å². The molecule has 4 heteroatoms. The van der Waals surface area contributed by atoms with Crippen LogP contribution in [0.3, 0.4) is 0 Å². The van der Waals surface area contributed by atoms with Gasteiger partial charge in [0.2, 0.25) is 0 Å². The van der Waals surface area contributed by atoms with Crippen molar-refractivity contribution in [2.45, 2.75) is 0 Å². The van der Waals surface area contributed by atoms with Crippen molar-refractivity contribution in [2.24, 2.45) is 0 Å². The molecule has 0 atom stereocenters. The zero-order chi connectivity index (χ0) is 12.0. The van der Waals surface area contributed by atoms with Crippen molar-refractivity contribution >= 4 is 17.4 Å². The van der Waals surface area contributed by atoms with Crippen molar-refractivity contribution in [1.29, 1.82) is 5.26 Å². The lowest BCUT2D eigenvalue weighted by molar-refractivity contribution is 0.926. The first-order valence-corrected chi connectivity index (χ1v) is 5.13. The molecule has 1 heterocycles. The van der Waals surface area contributed by atoms with Gasteiger partial charge >= 0.3 is 0 Å². The molecule has 0 spiro atoms. The maximum absolute atomic E-state index is 8.86. The molecule has 0 aromatic carbocycles. The maximum atomic E-state index is 8.86. The van der Waals surface area contributed by atoms with Gasteiger partial charge < -0.3 is 4.90 Å². The molecule has 0 bridgehead atoms. The second kappa shape index (κ2) is 5.94. The topological polar surface area (TPSA) is 39.9 Å². The lowest BCUT2D eigenvalue weighted by Gasteiger charge is -2.21. The maximum Gasteiger partial charge on any atom is 0.149 e. The summed E-state index contributed by atoms with van der Waals surface area (Å²) in [5.41, 5.74) is 0.421. The van der Waals surface area contributed by atoms with Gasteiger partial charge in [-0.05, 0) is 6.07 Å². The molecule has 1 aromatic rings. The monoisotopic (exact) mass is 233 g/mol. The molecule has 0 amide bonds. The highest BCUT2D eigenvalue weighted by Gasteiger charge is 2.12. The van der Waals surface area contributed by atoms with Crippen LogP contribution in [0, 0.1) is 11.3 Å². The van der Waals surface area contributed by atoms with Crippen molar-refractivity contribution in [2.75, 3.05) is 18.0 Å². The Balaban J connectivity index is 3.13. The second-order valence-electron chi connectivity index (χ2n) is 3.09. The molecule has 1 aromatic heterocycles. The van der Waals surface area contributed by atoms with Crippen molar-refractivity contribution in [3.8, 4) is 6.07 Å². The van der Waals surface area contributed by atoms with E-state index in [9.17, 15) is 0 Å². The van der Waals surface area contributed by atoms with Crippen LogP contribution in [-0.4, -0.2) is 18.1 Å². The third-order valence-corrected chi connectivity index (χ3v) is 2.36. The van der Waals surface area contributed by atoms with E-state index in [0.717, 1.165) is 0 Å². The second-order valence-corrected chi connectivity index (χ2v) is 3.47. The van der Waals surface area contributed by atoms with E-state index in [0.29, 0.717) is 29.5 Å². The summed E-state index contributed by atoms with van der Waals surface area (Å²) < 4.78 is 0. The fourth-order valence-electron chi connectivity index (χ4n) is 1.30. The summed E-state index contributed by atoms with van der Waals surface area (Å²) in [6, 6.07) is 3.61. The number of aromatic nitrogens is 1. The van der Waals surface area contributed by atoms with E-state index in [1.165, 1.54) is 0 Å². The van der Waals surface area contributed by atoms with Crippen molar-refractivity contribution in [1.82, 2.24) is 4.98 Å². The number of nitriles is 1. The normalized spacial score (nSPS) is 9.25. The van der Waals surface area contributed by atoms with Crippen LogP contribution in [0.15, 0.2) is 37.6 Å². The number of pyridine rings is 1. The summed E-state index contributed by atoms with van der Waals surface area (Å²) in [6.45, 7) is 8.55. The number of hydrogen-bond acceptors (Lipinski definition) is 3. The molecule has 0 aliphatic heterocycles. The van der Waals surface area contributed by atoms with Crippen molar-refractivity contribution in [3.05, 3.63) is 48.2 Å². The quantitative estimate of drug-likeness (QED) is 0.735. The molecule has 0 aliphatic carbocycles. The Morgan fingerprint density at radius 1 is 1.44 bits per heavy atom. The molecule has 3 nitrogen and oxygen atoms in total. The van der Waals surface area contributed by atoms with E-state index in [1.54, 1.807) is 24.4 Å². The van der Waals surface area contributed by atoms with Gasteiger partial charge in [0.05, 0.1) is 5.56 Å². The fourth-order valence-corrected chi connectivity index (χ4v) is 1.57. The number of halogens is 1. The van der Waals surface area contributed by atoms with Crippen molar-refractivity contribution in [3.63, 3.8) is 0 Å². The Bertz CT molecular complexity index is 424. The van der Waals surface area contributed by atoms with Crippen LogP contribution in [0.25, 0.3) is 0 Å². The van der Waals surface area contributed by atoms with Gasteiger partial charge in [0.25, 0.3) is 0 Å². The van der Waals surface area contributed by atoms with Gasteiger partial charge in [0.15, 0.2) is 0 Å². The largest absolute Gasteiger partial charge is 0.348 e. The molecular formula is C12H12ClN3. The number of anilines is 1. The molecule has 82 valence electrons. The van der Waals surface area contributed by atoms with Gasteiger partial charge in [0, 0.05) is 19.3 Å². The molecule has 0 saturated heterocycles. The minimum Gasteiger partial charge on any atom is -0.348 e. The zero-order valence-electron chi connectivity index (χ0n) is 8.86. The molecule has 0 N–H and O–H groups in total. The third kappa shape index (κ3) is 2.62. The van der Waals surface area contributed by atoms with E-state index < -0.39 is 0 Å². The van der Waals surface area contributed by atoms with Gasteiger partial charge in [-0.3, -0.25) is 0 Å². The van der Waals surface area contributed by atoms with Crippen LogP contribution in [0.4, 0.5) is 5.82 Å². The smallest absolute Gasteiger partial charge is 0.149 e. The Labute approximate surface area is 100 Å². The fraction of sp³-hybridized carbons (Fsp3) is 0.167. The molecule has 0 fully saturated rings. The Kier molecular flexibility index (Phi) is 4.56. The summed E-state index contributed by atoms with van der Waals surface area (Å²) >= 11 is 6.08. The summed E-state index contributed by atoms with van der Waals surface area (Å²) in [5.74, 6) is 0.584. The summed E-state index contributed by atoms with van der Waals surface area (Å²) in [6.07, 6.45) is 5.07. The Morgan fingerprint density at radius 2 is 2.06 bits per heavy atom. The predicted octanol–water partition coefficient (Wildman–Crippen LogP) is 2.79. The number of hydrogen-bond donors (Lipinski definition) is 0. The van der Waals surface area contributed by atoms with Crippen LogP contribution in [0.2, 0.25) is 5.02 Å². The van der Waals surface area contributed by atoms with E-state index in [-0.39, 0.29) is 0 Å². The SMILES string of the molecule is C=CCN(CC=C)c1nccc(C#N)c1Cl. The van der Waals surface area contributed by atoms with E-state index in [2.05, 4.69) is 18.1 Å². The highest BCUT2D eigenvalue weighted by atomic mass is 35.5. The summed E-state index contributed by atoms with van der Waals surface area (Å²) in [7, 11) is 0. The average molecular weight is 234 g/mol. The van der Waals surface area contributed by atoms with Gasteiger partial charge in [-0.25, -0.2) is 4.98 Å². The molecule has 0 saturated carbocycles. The standard InChI is InChI=1S/C12H12ClN3/c1-3-7-16(8-4-2)12-11(13)10(9-14)5-6-15-12/h3-6H,1-2,7-8H2. The minimum absolute atomic E-state index is 0.369. The Morgan fingerprint density at radius 3 is 2.56 bits per heavy atom. The van der Waals surface area contributed by atoms with Crippen LogP contribution in [0.5, 0.6) is 0 Å². The van der Waals surface area contributed by atoms with Gasteiger partial charge in [-0.1, -0.05) is 23.8 Å². The molecule has 16 heavy (non-hydrogen) atoms. The predicted molar refractivity (Wildman–Crippen MR) is 66.6 cm³/mol. The van der Waals surface area contributed by atoms with Crippen LogP contribution in [0.1, 0.15) is 5.56 Å². The first-order valence-electron chi connectivity index (χ1n) is 4.76.